The Labute approximate surface area is 163 Å². The molecule has 6 heteroatoms. The molecule has 1 N–H and O–H groups in total. The molecule has 5 atom stereocenters. The molecule has 0 amide bonds. The highest BCUT2D eigenvalue weighted by Crippen LogP contribution is 2.63. The minimum atomic E-state index is -0.335. The average Bonchev–Trinajstić information content (AvgIpc) is 3.35. The zero-order valence-electron chi connectivity index (χ0n) is 15.6. The monoisotopic (exact) mass is 378 g/mol. The molecule has 2 aromatic rings. The highest BCUT2D eigenvalue weighted by Gasteiger charge is 2.54. The van der Waals surface area contributed by atoms with Crippen LogP contribution in [0.25, 0.3) is 0 Å². The van der Waals surface area contributed by atoms with Crippen LogP contribution in [0.3, 0.4) is 0 Å². The molecule has 28 heavy (non-hydrogen) atoms. The van der Waals surface area contributed by atoms with E-state index in [1.807, 2.05) is 30.3 Å². The number of ether oxygens (including phenoxy) is 1. The molecule has 2 bridgehead atoms. The Bertz CT molecular complexity index is 956. The SMILES string of the molecule is COC(=O)c1ccc([C@@H]2Nc3ccc([N+](=O)[O-])cc3[C@@H]3[C@H]4CC[C@@H](C4)[C@@H]32)cc1. The van der Waals surface area contributed by atoms with Crippen LogP contribution >= 0.6 is 0 Å². The molecule has 0 radical (unpaired) electrons. The molecule has 1 aliphatic heterocycles. The van der Waals surface area contributed by atoms with E-state index in [2.05, 4.69) is 5.32 Å². The van der Waals surface area contributed by atoms with Crippen molar-refractivity contribution >= 4 is 17.3 Å². The van der Waals surface area contributed by atoms with Crippen LogP contribution in [0.1, 0.15) is 52.7 Å². The van der Waals surface area contributed by atoms with E-state index in [0.29, 0.717) is 29.2 Å². The topological polar surface area (TPSA) is 81.5 Å². The molecule has 0 unspecified atom stereocenters. The van der Waals surface area contributed by atoms with Crippen molar-refractivity contribution in [3.05, 3.63) is 69.3 Å². The van der Waals surface area contributed by atoms with Crippen molar-refractivity contribution in [2.75, 3.05) is 12.4 Å². The lowest BCUT2D eigenvalue weighted by Crippen LogP contribution is -2.35. The number of anilines is 1. The van der Waals surface area contributed by atoms with Crippen molar-refractivity contribution < 1.29 is 14.5 Å². The molecule has 2 fully saturated rings. The van der Waals surface area contributed by atoms with Gasteiger partial charge in [-0.1, -0.05) is 12.1 Å². The minimum absolute atomic E-state index is 0.154. The minimum Gasteiger partial charge on any atom is -0.465 e. The predicted molar refractivity (Wildman–Crippen MR) is 104 cm³/mol. The van der Waals surface area contributed by atoms with Crippen LogP contribution in [0.15, 0.2) is 42.5 Å². The number of nitro groups is 1. The lowest BCUT2D eigenvalue weighted by Gasteiger charge is -2.43. The van der Waals surface area contributed by atoms with Crippen molar-refractivity contribution in [3.8, 4) is 0 Å². The number of nitro benzene ring substituents is 1. The highest BCUT2D eigenvalue weighted by molar-refractivity contribution is 5.89. The molecular formula is C22H22N2O4. The van der Waals surface area contributed by atoms with Crippen molar-refractivity contribution in [1.82, 2.24) is 0 Å². The molecule has 0 spiro atoms. The first-order valence-electron chi connectivity index (χ1n) is 9.80. The van der Waals surface area contributed by atoms with E-state index in [0.717, 1.165) is 16.8 Å². The Hall–Kier alpha value is -2.89. The Morgan fingerprint density at radius 1 is 1.14 bits per heavy atom. The summed E-state index contributed by atoms with van der Waals surface area (Å²) in [7, 11) is 1.38. The van der Waals surface area contributed by atoms with Crippen LogP contribution in [0.4, 0.5) is 11.4 Å². The van der Waals surface area contributed by atoms with Crippen LogP contribution in [-0.2, 0) is 4.74 Å². The zero-order valence-corrected chi connectivity index (χ0v) is 15.6. The lowest BCUT2D eigenvalue weighted by molar-refractivity contribution is -0.384. The third kappa shape index (κ3) is 2.51. The fraction of sp³-hybridized carbons (Fsp3) is 0.409. The zero-order chi connectivity index (χ0) is 19.4. The Morgan fingerprint density at radius 3 is 2.61 bits per heavy atom. The normalized spacial score (nSPS) is 29.5. The number of benzene rings is 2. The molecule has 3 aliphatic rings. The van der Waals surface area contributed by atoms with E-state index in [4.69, 9.17) is 4.74 Å². The van der Waals surface area contributed by atoms with Gasteiger partial charge in [-0.05, 0) is 72.3 Å². The smallest absolute Gasteiger partial charge is 0.337 e. The van der Waals surface area contributed by atoms with Crippen LogP contribution in [0.5, 0.6) is 0 Å². The van der Waals surface area contributed by atoms with Gasteiger partial charge in [0.15, 0.2) is 0 Å². The Kier molecular flexibility index (Phi) is 3.89. The number of hydrogen-bond acceptors (Lipinski definition) is 5. The number of hydrogen-bond donors (Lipinski definition) is 1. The molecule has 2 aromatic carbocycles. The standard InChI is InChI=1S/C22H22N2O4/c1-28-22(25)13-4-2-12(3-5-13)21-20-15-7-6-14(10-15)19(20)17-11-16(24(26)27)8-9-18(17)23-21/h2-5,8-9,11,14-15,19-21,23H,6-7,10H2,1H3/t14-,15-,19-,20-,21-/m0/s1. The Morgan fingerprint density at radius 2 is 1.89 bits per heavy atom. The number of non-ortho nitro benzene ring substituents is 1. The second-order valence-electron chi connectivity index (χ2n) is 8.20. The maximum absolute atomic E-state index is 11.7. The summed E-state index contributed by atoms with van der Waals surface area (Å²) in [5, 5.41) is 14.9. The Balaban J connectivity index is 1.55. The lowest BCUT2D eigenvalue weighted by atomic mass is 9.68. The average molecular weight is 378 g/mol. The van der Waals surface area contributed by atoms with E-state index in [9.17, 15) is 14.9 Å². The van der Waals surface area contributed by atoms with Crippen LogP contribution in [0, 0.1) is 27.9 Å². The van der Waals surface area contributed by atoms with Gasteiger partial charge in [-0.3, -0.25) is 10.1 Å². The van der Waals surface area contributed by atoms with E-state index >= 15 is 0 Å². The second-order valence-corrected chi connectivity index (χ2v) is 8.20. The van der Waals surface area contributed by atoms with Gasteiger partial charge < -0.3 is 10.1 Å². The second kappa shape index (κ2) is 6.33. The van der Waals surface area contributed by atoms with E-state index in [1.54, 1.807) is 12.1 Å². The summed E-state index contributed by atoms with van der Waals surface area (Å²) in [5.41, 5.74) is 3.97. The number of rotatable bonds is 3. The summed E-state index contributed by atoms with van der Waals surface area (Å²) in [5.74, 6) is 1.70. The highest BCUT2D eigenvalue weighted by atomic mass is 16.6. The molecule has 2 aliphatic carbocycles. The van der Waals surface area contributed by atoms with Crippen LogP contribution in [0.2, 0.25) is 0 Å². The van der Waals surface area contributed by atoms with Crippen LogP contribution in [-0.4, -0.2) is 18.0 Å². The van der Waals surface area contributed by atoms with Crippen molar-refractivity contribution in [1.29, 1.82) is 0 Å². The molecule has 5 rings (SSSR count). The number of esters is 1. The number of nitrogens with zero attached hydrogens (tertiary/aromatic N) is 1. The number of methoxy groups -OCH3 is 1. The number of fused-ring (bicyclic) bond motifs is 7. The first kappa shape index (κ1) is 17.2. The molecule has 6 nitrogen and oxygen atoms in total. The van der Waals surface area contributed by atoms with Gasteiger partial charge in [0.1, 0.15) is 0 Å². The summed E-state index contributed by atoms with van der Waals surface area (Å²) >= 11 is 0. The fourth-order valence-electron chi connectivity index (χ4n) is 5.86. The summed E-state index contributed by atoms with van der Waals surface area (Å²) in [4.78, 5) is 22.7. The van der Waals surface area contributed by atoms with Crippen molar-refractivity contribution in [2.24, 2.45) is 17.8 Å². The summed E-state index contributed by atoms with van der Waals surface area (Å²) < 4.78 is 4.80. The van der Waals surface area contributed by atoms with E-state index in [1.165, 1.54) is 26.4 Å². The van der Waals surface area contributed by atoms with Gasteiger partial charge in [0.25, 0.3) is 5.69 Å². The third-order valence-corrected chi connectivity index (χ3v) is 6.97. The predicted octanol–water partition coefficient (Wildman–Crippen LogP) is 4.68. The van der Waals surface area contributed by atoms with Crippen LogP contribution < -0.4 is 5.32 Å². The van der Waals surface area contributed by atoms with Gasteiger partial charge in [0.05, 0.1) is 23.6 Å². The molecule has 2 saturated carbocycles. The summed E-state index contributed by atoms with van der Waals surface area (Å²) in [6.45, 7) is 0. The number of nitrogens with one attached hydrogen (secondary N) is 1. The quantitative estimate of drug-likeness (QED) is 0.476. The van der Waals surface area contributed by atoms with Crippen molar-refractivity contribution in [3.63, 3.8) is 0 Å². The number of carbonyl (C=O) groups is 1. The summed E-state index contributed by atoms with van der Waals surface area (Å²) in [6, 6.07) is 13.0. The molecule has 1 heterocycles. The largest absolute Gasteiger partial charge is 0.465 e. The maximum atomic E-state index is 11.7. The van der Waals surface area contributed by atoms with Gasteiger partial charge >= 0.3 is 5.97 Å². The molecule has 0 aromatic heterocycles. The van der Waals surface area contributed by atoms with Crippen molar-refractivity contribution in [2.45, 2.75) is 31.2 Å². The third-order valence-electron chi connectivity index (χ3n) is 6.97. The molecular weight excluding hydrogens is 356 g/mol. The van der Waals surface area contributed by atoms with Gasteiger partial charge in [0.2, 0.25) is 0 Å². The van der Waals surface area contributed by atoms with Gasteiger partial charge in [-0.2, -0.15) is 0 Å². The summed E-state index contributed by atoms with van der Waals surface area (Å²) in [6.07, 6.45) is 3.65. The van der Waals surface area contributed by atoms with Gasteiger partial charge in [0, 0.05) is 17.8 Å². The van der Waals surface area contributed by atoms with Gasteiger partial charge in [-0.15, -0.1) is 0 Å². The molecule has 144 valence electrons. The van der Waals surface area contributed by atoms with Gasteiger partial charge in [-0.25, -0.2) is 4.79 Å². The molecule has 0 saturated heterocycles. The first-order valence-corrected chi connectivity index (χ1v) is 9.80. The maximum Gasteiger partial charge on any atom is 0.337 e. The van der Waals surface area contributed by atoms with E-state index in [-0.39, 0.29) is 22.6 Å². The first-order chi connectivity index (χ1) is 13.6. The number of carbonyl (C=O) groups excluding carboxylic acids is 1. The van der Waals surface area contributed by atoms with E-state index < -0.39 is 0 Å². The fourth-order valence-corrected chi connectivity index (χ4v) is 5.86.